The van der Waals surface area contributed by atoms with E-state index in [1.54, 1.807) is 20.8 Å². The Balaban J connectivity index is 0.895. The average Bonchev–Trinajstić information content (AvgIpc) is 0.795. The van der Waals surface area contributed by atoms with E-state index in [0.29, 0.717) is 25.9 Å². The van der Waals surface area contributed by atoms with Crippen LogP contribution < -0.4 is 14.2 Å². The van der Waals surface area contributed by atoms with Crippen molar-refractivity contribution in [2.24, 2.45) is 23.7 Å². The minimum Gasteiger partial charge on any atom is -0.394 e. The standard InChI is InChI=1S/C63H91N3O27S3/c1-6-7-17-24-79-61-55(64-94(70,71)72)38(3)58(47(28-67)86-61)92-53-26-45(81-33-42-20-13-9-14-21-42)50(35-84-53)90-63-57(66-96(76,77)78)40(5)60(49(30-69)88-63)93-54-27-46(82-34-43-22-15-10-16-23-43)51(36-85-54)89-62-56(65-95(73,74)75)39(4)59(48(29-68)87-62)91-52-25-44(37(2)31-83-52)80-32-41-18-11-8-12-19-41/h1,8-16,18-23,37-40,44-69H,7,17,24-36H2,2-5H3,(H,70,71,72)(H,73,74,75)(H,76,77,78)/t37-,38+,39+,40+,44-,45-,46-,47?,48?,49?,50-,51-,52-,53-,54-,55?,56?,57?,58+,59+,60+,61+,62-,63-/m0/s1. The second-order valence-electron chi connectivity index (χ2n) is 24.9. The summed E-state index contributed by atoms with van der Waals surface area (Å²) >= 11 is 0. The lowest BCUT2D eigenvalue weighted by Gasteiger charge is -2.49. The van der Waals surface area contributed by atoms with Crippen molar-refractivity contribution in [3.63, 3.8) is 0 Å². The van der Waals surface area contributed by atoms with Crippen LogP contribution in [0.1, 0.15) is 76.5 Å². The Bertz CT molecular complexity index is 3230. The van der Waals surface area contributed by atoms with Crippen LogP contribution in [-0.4, -0.2) is 223 Å². The van der Waals surface area contributed by atoms with Gasteiger partial charge >= 0.3 is 30.9 Å². The van der Waals surface area contributed by atoms with Gasteiger partial charge in [0.2, 0.25) is 0 Å². The molecule has 6 unspecified atom stereocenters. The Hall–Kier alpha value is -3.89. The molecule has 0 radical (unpaired) electrons. The molecule has 0 spiro atoms. The molecular weight excluding hydrogens is 1330 g/mol. The summed E-state index contributed by atoms with van der Waals surface area (Å²) < 4.78 is 208. The van der Waals surface area contributed by atoms with Gasteiger partial charge in [0.15, 0.2) is 37.7 Å². The number of ether oxygens (including phenoxy) is 15. The van der Waals surface area contributed by atoms with Crippen LogP contribution in [0, 0.1) is 36.0 Å². The van der Waals surface area contributed by atoms with Crippen molar-refractivity contribution < 1.29 is 125 Å². The minimum absolute atomic E-state index is 0.00277. The number of rotatable bonds is 32. The predicted octanol–water partition coefficient (Wildman–Crippen LogP) is 2.32. The monoisotopic (exact) mass is 1420 g/mol. The smallest absolute Gasteiger partial charge is 0.333 e. The zero-order chi connectivity index (χ0) is 68.7. The molecule has 0 amide bonds. The van der Waals surface area contributed by atoms with Crippen LogP contribution in [0.25, 0.3) is 0 Å². The van der Waals surface area contributed by atoms with Gasteiger partial charge in [0.1, 0.15) is 30.5 Å². The zero-order valence-corrected chi connectivity index (χ0v) is 56.1. The Kier molecular flexibility index (Phi) is 28.3. The summed E-state index contributed by atoms with van der Waals surface area (Å²) in [5.41, 5.74) is 2.51. The lowest BCUT2D eigenvalue weighted by molar-refractivity contribution is -0.345. The molecule has 0 aliphatic carbocycles. The summed E-state index contributed by atoms with van der Waals surface area (Å²) in [5.74, 6) is -0.194. The van der Waals surface area contributed by atoms with Crippen LogP contribution in [0.3, 0.4) is 0 Å². The first-order chi connectivity index (χ1) is 45.9. The first-order valence-electron chi connectivity index (χ1n) is 32.1. The quantitative estimate of drug-likeness (QED) is 0.0246. The molecule has 0 aromatic heterocycles. The van der Waals surface area contributed by atoms with E-state index in [-0.39, 0.29) is 64.5 Å². The molecule has 0 saturated carbocycles. The van der Waals surface area contributed by atoms with Gasteiger partial charge in [-0.1, -0.05) is 119 Å². The number of terminal acetylenes is 1. The lowest BCUT2D eigenvalue weighted by Crippen LogP contribution is -2.64. The summed E-state index contributed by atoms with van der Waals surface area (Å²) in [4.78, 5) is 0. The number of aliphatic hydroxyl groups is 3. The molecule has 30 nitrogen and oxygen atoms in total. The molecule has 3 aromatic rings. The van der Waals surface area contributed by atoms with Crippen LogP contribution in [0.15, 0.2) is 91.0 Å². The first kappa shape index (κ1) is 76.3. The highest BCUT2D eigenvalue weighted by Gasteiger charge is 2.54. The molecule has 9 N–H and O–H groups in total. The molecular formula is C63H91N3O27S3. The third kappa shape index (κ3) is 21.8. The maximum absolute atomic E-state index is 12.9. The highest BCUT2D eigenvalue weighted by Crippen LogP contribution is 2.39. The largest absolute Gasteiger partial charge is 0.394 e. The first-order valence-corrected chi connectivity index (χ1v) is 36.4. The fourth-order valence-electron chi connectivity index (χ4n) is 12.8. The van der Waals surface area contributed by atoms with E-state index >= 15 is 0 Å². The van der Waals surface area contributed by atoms with Gasteiger partial charge in [-0.2, -0.15) is 39.4 Å². The van der Waals surface area contributed by atoms with Gasteiger partial charge in [0, 0.05) is 49.4 Å². The average molecular weight is 1420 g/mol. The summed E-state index contributed by atoms with van der Waals surface area (Å²) in [5, 5.41) is 32.5. The number of unbranched alkanes of at least 4 members (excludes halogenated alkanes) is 1. The van der Waals surface area contributed by atoms with E-state index in [1.165, 1.54) is 0 Å². The van der Waals surface area contributed by atoms with Crippen molar-refractivity contribution in [2.45, 2.75) is 203 Å². The van der Waals surface area contributed by atoms with Crippen LogP contribution in [0.2, 0.25) is 0 Å². The van der Waals surface area contributed by atoms with E-state index in [2.05, 4.69) is 20.1 Å². The molecule has 6 aliphatic rings. The van der Waals surface area contributed by atoms with Crippen molar-refractivity contribution in [2.75, 3.05) is 46.2 Å². The highest BCUT2D eigenvalue weighted by atomic mass is 32.2. The maximum atomic E-state index is 12.9. The van der Waals surface area contributed by atoms with E-state index in [0.717, 1.165) is 16.7 Å². The Morgan fingerprint density at radius 2 is 0.792 bits per heavy atom. The van der Waals surface area contributed by atoms with Crippen LogP contribution >= 0.6 is 0 Å². The van der Waals surface area contributed by atoms with Gasteiger partial charge in [0.25, 0.3) is 0 Å². The van der Waals surface area contributed by atoms with Gasteiger partial charge in [-0.05, 0) is 23.1 Å². The van der Waals surface area contributed by atoms with Gasteiger partial charge in [-0.15, -0.1) is 12.3 Å². The van der Waals surface area contributed by atoms with Crippen LogP contribution in [0.5, 0.6) is 0 Å². The van der Waals surface area contributed by atoms with E-state index < -0.39 is 185 Å². The Morgan fingerprint density at radius 1 is 0.458 bits per heavy atom. The second kappa shape index (κ2) is 35.6. The fourth-order valence-corrected chi connectivity index (χ4v) is 14.8. The van der Waals surface area contributed by atoms with Crippen LogP contribution in [0.4, 0.5) is 0 Å². The molecule has 6 fully saturated rings. The fraction of sp³-hybridized carbons (Fsp3) is 0.683. The van der Waals surface area contributed by atoms with Gasteiger partial charge < -0.3 is 86.4 Å². The number of hydrogen-bond acceptors (Lipinski definition) is 24. The van der Waals surface area contributed by atoms with E-state index in [9.17, 15) is 54.2 Å². The number of benzene rings is 3. The van der Waals surface area contributed by atoms with Gasteiger partial charge in [-0.25, -0.2) is 0 Å². The molecule has 24 atom stereocenters. The third-order valence-corrected chi connectivity index (χ3v) is 19.7. The molecule has 538 valence electrons. The van der Waals surface area contributed by atoms with Gasteiger partial charge in [0.05, 0.1) is 121 Å². The van der Waals surface area contributed by atoms with E-state index in [4.69, 9.17) is 77.5 Å². The van der Waals surface area contributed by atoms with Crippen LogP contribution in [-0.2, 0) is 122 Å². The minimum atomic E-state index is -5.04. The molecule has 9 rings (SSSR count). The number of aliphatic hydroxyl groups excluding tert-OH is 3. The van der Waals surface area contributed by atoms with Crippen molar-refractivity contribution in [1.29, 1.82) is 0 Å². The van der Waals surface area contributed by atoms with E-state index in [1.807, 2.05) is 97.9 Å². The summed E-state index contributed by atoms with van der Waals surface area (Å²) in [6.45, 7) is 5.07. The van der Waals surface area contributed by atoms with Crippen molar-refractivity contribution in [3.05, 3.63) is 108 Å². The second-order valence-corrected chi connectivity index (χ2v) is 28.5. The summed E-state index contributed by atoms with van der Waals surface area (Å²) in [6.07, 6.45) is -12.4. The topological polar surface area (TPSA) is 398 Å². The summed E-state index contributed by atoms with van der Waals surface area (Å²) in [6, 6.07) is 23.9. The van der Waals surface area contributed by atoms with Crippen molar-refractivity contribution in [1.82, 2.24) is 14.2 Å². The molecule has 0 bridgehead atoms. The summed E-state index contributed by atoms with van der Waals surface area (Å²) in [7, 11) is -14.8. The zero-order valence-electron chi connectivity index (χ0n) is 53.7. The maximum Gasteiger partial charge on any atom is 0.333 e. The van der Waals surface area contributed by atoms with Crippen molar-refractivity contribution >= 4 is 30.9 Å². The lowest BCUT2D eigenvalue weighted by atomic mass is 9.88. The highest BCUT2D eigenvalue weighted by molar-refractivity contribution is 7.84. The predicted molar refractivity (Wildman–Crippen MR) is 336 cm³/mol. The third-order valence-electron chi connectivity index (χ3n) is 17.9. The molecule has 3 aromatic carbocycles. The Labute approximate surface area is 560 Å². The van der Waals surface area contributed by atoms with Crippen molar-refractivity contribution in [3.8, 4) is 12.3 Å². The molecule has 96 heavy (non-hydrogen) atoms. The molecule has 6 aliphatic heterocycles. The molecule has 33 heteroatoms. The Morgan fingerprint density at radius 3 is 1.15 bits per heavy atom. The molecule has 6 heterocycles. The normalized spacial score (nSPS) is 36.4. The van der Waals surface area contributed by atoms with Gasteiger partial charge in [-0.3, -0.25) is 13.7 Å². The number of hydrogen-bond donors (Lipinski definition) is 9. The number of nitrogens with one attached hydrogen (secondary N) is 3. The molecule has 6 saturated heterocycles. The SMILES string of the molecule is C#CCCCO[C@@H]1OC(CO)[C@H](O[C@H]2C[C@H](OCc3ccccc3)[C@@H](O[C@@H]3OC(CO)[C@H](O[C@H]4C[C@H](OCc5ccccc5)[C@@H](O[C@@H]5OC(CO)[C@H](O[C@H]6C[C@H](OCc7ccccc7)[C@@H](C)CO6)[C@H](C)C5NS(=O)(=O)O)CO4)[C@H](C)C3NS(=O)(=O)O)CO2)[C@H](C)C1NS(=O)(=O)O.